The minimum absolute atomic E-state index is 0.0415. The zero-order valence-electron chi connectivity index (χ0n) is 9.82. The van der Waals surface area contributed by atoms with Gasteiger partial charge in [0.05, 0.1) is 11.3 Å². The number of carbonyl (C=O) groups excluding carboxylic acids is 2. The molecule has 0 aliphatic carbocycles. The number of aldehydes is 1. The van der Waals surface area contributed by atoms with Crippen LogP contribution in [0.5, 0.6) is 0 Å². The van der Waals surface area contributed by atoms with Crippen molar-refractivity contribution < 1.29 is 21.9 Å². The van der Waals surface area contributed by atoms with Crippen LogP contribution in [0.4, 0.5) is 9.70 Å². The van der Waals surface area contributed by atoms with Gasteiger partial charge in [0.2, 0.25) is 5.91 Å². The predicted octanol–water partition coefficient (Wildman–Crippen LogP) is 0.546. The van der Waals surface area contributed by atoms with Crippen molar-refractivity contribution in [3.8, 4) is 0 Å². The Morgan fingerprint density at radius 3 is 2.89 bits per heavy atom. The third kappa shape index (κ3) is 3.14. The molecule has 6 nitrogen and oxygen atoms in total. The molecule has 1 aromatic heterocycles. The average molecular weight is 286 g/mol. The van der Waals surface area contributed by atoms with Gasteiger partial charge in [0, 0.05) is 25.1 Å². The van der Waals surface area contributed by atoms with Crippen LogP contribution in [0.3, 0.4) is 0 Å². The highest BCUT2D eigenvalue weighted by Crippen LogP contribution is 2.26. The van der Waals surface area contributed by atoms with Crippen LogP contribution in [-0.4, -0.2) is 37.9 Å². The lowest BCUT2D eigenvalue weighted by Gasteiger charge is -2.16. The van der Waals surface area contributed by atoms with E-state index in [1.54, 1.807) is 6.07 Å². The largest absolute Gasteiger partial charge is 0.302 e. The summed E-state index contributed by atoms with van der Waals surface area (Å²) in [6.45, 7) is 0.0415. The molecule has 1 aromatic rings. The van der Waals surface area contributed by atoms with Crippen molar-refractivity contribution >= 4 is 28.2 Å². The van der Waals surface area contributed by atoms with Crippen LogP contribution in [0.2, 0.25) is 0 Å². The van der Waals surface area contributed by atoms with Gasteiger partial charge in [-0.1, -0.05) is 0 Å². The Bertz CT molecular complexity index is 617. The molecule has 2 rings (SSSR count). The van der Waals surface area contributed by atoms with Crippen LogP contribution in [-0.2, 0) is 15.0 Å². The second-order valence-electron chi connectivity index (χ2n) is 4.31. The third-order valence-corrected chi connectivity index (χ3v) is 3.71. The van der Waals surface area contributed by atoms with Gasteiger partial charge in [-0.05, 0) is 12.1 Å². The third-order valence-electron chi connectivity index (χ3n) is 2.84. The molecule has 19 heavy (non-hydrogen) atoms. The van der Waals surface area contributed by atoms with E-state index < -0.39 is 21.9 Å². The Labute approximate surface area is 109 Å². The first-order chi connectivity index (χ1) is 8.90. The van der Waals surface area contributed by atoms with E-state index in [2.05, 4.69) is 4.98 Å². The van der Waals surface area contributed by atoms with Crippen molar-refractivity contribution in [2.45, 2.75) is 6.42 Å². The van der Waals surface area contributed by atoms with E-state index in [9.17, 15) is 21.9 Å². The summed E-state index contributed by atoms with van der Waals surface area (Å²) < 4.78 is 33.8. The van der Waals surface area contributed by atoms with Gasteiger partial charge in [0.25, 0.3) is 0 Å². The van der Waals surface area contributed by atoms with Crippen molar-refractivity contribution in [3.63, 3.8) is 0 Å². The summed E-state index contributed by atoms with van der Waals surface area (Å²) >= 11 is 0. The lowest BCUT2D eigenvalue weighted by molar-refractivity contribution is -0.117. The average Bonchev–Trinajstić information content (AvgIpc) is 2.67. The SMILES string of the molecule is O=Cc1cccnc1N1CC(CS(=O)(=O)F)CC1=O. The Kier molecular flexibility index (Phi) is 3.61. The first-order valence-electron chi connectivity index (χ1n) is 5.53. The molecule has 1 fully saturated rings. The van der Waals surface area contributed by atoms with Crippen molar-refractivity contribution in [3.05, 3.63) is 23.9 Å². The summed E-state index contributed by atoms with van der Waals surface area (Å²) in [5.74, 6) is -1.50. The molecular weight excluding hydrogens is 275 g/mol. The first kappa shape index (κ1) is 13.6. The summed E-state index contributed by atoms with van der Waals surface area (Å²) in [6.07, 6.45) is 1.92. The van der Waals surface area contributed by atoms with E-state index in [4.69, 9.17) is 0 Å². The van der Waals surface area contributed by atoms with Gasteiger partial charge in [0.1, 0.15) is 5.82 Å². The fourth-order valence-electron chi connectivity index (χ4n) is 2.11. The van der Waals surface area contributed by atoms with Crippen LogP contribution in [0, 0.1) is 5.92 Å². The van der Waals surface area contributed by atoms with E-state index in [-0.39, 0.29) is 30.3 Å². The molecule has 0 radical (unpaired) electrons. The highest BCUT2D eigenvalue weighted by atomic mass is 32.3. The minimum Gasteiger partial charge on any atom is -0.298 e. The lowest BCUT2D eigenvalue weighted by atomic mass is 10.1. The van der Waals surface area contributed by atoms with Crippen LogP contribution >= 0.6 is 0 Å². The summed E-state index contributed by atoms with van der Waals surface area (Å²) in [4.78, 5) is 27.8. The lowest BCUT2D eigenvalue weighted by Crippen LogP contribution is -2.27. The zero-order chi connectivity index (χ0) is 14.0. The molecule has 2 heterocycles. The highest BCUT2D eigenvalue weighted by molar-refractivity contribution is 7.86. The maximum atomic E-state index is 12.6. The number of rotatable bonds is 4. The van der Waals surface area contributed by atoms with Crippen molar-refractivity contribution in [1.29, 1.82) is 0 Å². The first-order valence-corrected chi connectivity index (χ1v) is 7.09. The number of hydrogen-bond acceptors (Lipinski definition) is 5. The van der Waals surface area contributed by atoms with Gasteiger partial charge >= 0.3 is 10.2 Å². The smallest absolute Gasteiger partial charge is 0.298 e. The normalized spacial score (nSPS) is 19.7. The van der Waals surface area contributed by atoms with Gasteiger partial charge in [-0.15, -0.1) is 3.89 Å². The maximum Gasteiger partial charge on any atom is 0.302 e. The molecule has 8 heteroatoms. The van der Waals surface area contributed by atoms with Gasteiger partial charge in [-0.3, -0.25) is 14.5 Å². The molecule has 0 saturated carbocycles. The molecule has 0 bridgehead atoms. The van der Waals surface area contributed by atoms with Crippen LogP contribution in [0.15, 0.2) is 18.3 Å². The van der Waals surface area contributed by atoms with Crippen LogP contribution in [0.1, 0.15) is 16.8 Å². The van der Waals surface area contributed by atoms with E-state index in [0.29, 0.717) is 6.29 Å². The van der Waals surface area contributed by atoms with Gasteiger partial charge in [0.15, 0.2) is 6.29 Å². The number of halogens is 1. The number of anilines is 1. The Balaban J connectivity index is 2.23. The van der Waals surface area contributed by atoms with Crippen molar-refractivity contribution in [2.24, 2.45) is 5.92 Å². The fraction of sp³-hybridized carbons (Fsp3) is 0.364. The molecule has 1 atom stereocenters. The maximum absolute atomic E-state index is 12.6. The number of aromatic nitrogens is 1. The number of pyridine rings is 1. The molecule has 1 aliphatic heterocycles. The Morgan fingerprint density at radius 1 is 1.53 bits per heavy atom. The number of amides is 1. The predicted molar refractivity (Wildman–Crippen MR) is 65.0 cm³/mol. The summed E-state index contributed by atoms with van der Waals surface area (Å²) in [6, 6.07) is 3.05. The van der Waals surface area contributed by atoms with Crippen LogP contribution < -0.4 is 4.90 Å². The second kappa shape index (κ2) is 5.04. The zero-order valence-corrected chi connectivity index (χ0v) is 10.6. The van der Waals surface area contributed by atoms with Crippen molar-refractivity contribution in [2.75, 3.05) is 17.2 Å². The van der Waals surface area contributed by atoms with Crippen LogP contribution in [0.25, 0.3) is 0 Å². The number of hydrogen-bond donors (Lipinski definition) is 0. The molecule has 1 saturated heterocycles. The minimum atomic E-state index is -4.62. The molecular formula is C11H11FN2O4S. The Hall–Kier alpha value is -1.83. The number of nitrogens with zero attached hydrogens (tertiary/aromatic N) is 2. The summed E-state index contributed by atoms with van der Waals surface area (Å²) in [5.41, 5.74) is 0.236. The topological polar surface area (TPSA) is 84.4 Å². The second-order valence-corrected chi connectivity index (χ2v) is 5.73. The van der Waals surface area contributed by atoms with E-state index in [0.717, 1.165) is 0 Å². The number of carbonyl (C=O) groups is 2. The van der Waals surface area contributed by atoms with E-state index in [1.807, 2.05) is 0 Å². The molecule has 1 unspecified atom stereocenters. The van der Waals surface area contributed by atoms with E-state index >= 15 is 0 Å². The summed E-state index contributed by atoms with van der Waals surface area (Å²) in [7, 11) is -4.62. The fourth-order valence-corrected chi connectivity index (χ4v) is 2.89. The molecule has 0 aromatic carbocycles. The van der Waals surface area contributed by atoms with E-state index in [1.165, 1.54) is 17.2 Å². The van der Waals surface area contributed by atoms with Crippen molar-refractivity contribution in [1.82, 2.24) is 4.98 Å². The molecule has 1 amide bonds. The standard InChI is InChI=1S/C11H11FN2O4S/c12-19(17,18)7-8-4-10(16)14(5-8)11-9(6-15)2-1-3-13-11/h1-3,6,8H,4-5,7H2. The van der Waals surface area contributed by atoms with Gasteiger partial charge in [-0.25, -0.2) is 4.98 Å². The quantitative estimate of drug-likeness (QED) is 0.596. The molecule has 0 spiro atoms. The molecule has 102 valence electrons. The highest BCUT2D eigenvalue weighted by Gasteiger charge is 2.35. The molecule has 1 aliphatic rings. The van der Waals surface area contributed by atoms with Gasteiger partial charge in [-0.2, -0.15) is 8.42 Å². The molecule has 0 N–H and O–H groups in total. The Morgan fingerprint density at radius 2 is 2.26 bits per heavy atom. The monoisotopic (exact) mass is 286 g/mol. The van der Waals surface area contributed by atoms with Gasteiger partial charge < -0.3 is 0 Å². The summed E-state index contributed by atoms with van der Waals surface area (Å²) in [5, 5.41) is 0.